The number of aromatic hydroxyl groups is 1. The quantitative estimate of drug-likeness (QED) is 0.119. The number of carbonyl (C=O) groups excluding carboxylic acids is 2. The zero-order valence-electron chi connectivity index (χ0n) is 36.9. The van der Waals surface area contributed by atoms with Crippen LogP contribution in [0.15, 0.2) is 59.7 Å². The van der Waals surface area contributed by atoms with Crippen molar-refractivity contribution in [2.24, 2.45) is 45.3 Å². The van der Waals surface area contributed by atoms with Gasteiger partial charge in [0, 0.05) is 35.0 Å². The minimum Gasteiger partial charge on any atom is -0.508 e. The summed E-state index contributed by atoms with van der Waals surface area (Å²) in [4.78, 5) is 29.8. The van der Waals surface area contributed by atoms with Crippen LogP contribution in [-0.4, -0.2) is 62.9 Å². The second-order valence-electron chi connectivity index (χ2n) is 22.4. The number of phenolic OH excluding ortho intramolecular Hbond substituents is 1. The minimum atomic E-state index is -0.752. The fraction of sp³-hybridized carbons (Fsp3) is 0.686. The molecule has 6 saturated carbocycles. The lowest BCUT2D eigenvalue weighted by Crippen LogP contribution is -2.74. The summed E-state index contributed by atoms with van der Waals surface area (Å²) in [6.07, 6.45) is 7.46. The second-order valence-corrected chi connectivity index (χ2v) is 22.4. The van der Waals surface area contributed by atoms with Crippen molar-refractivity contribution in [2.45, 2.75) is 167 Å². The van der Waals surface area contributed by atoms with E-state index in [4.69, 9.17) is 10.5 Å². The van der Waals surface area contributed by atoms with Gasteiger partial charge in [0.25, 0.3) is 0 Å². The van der Waals surface area contributed by atoms with E-state index >= 15 is 4.79 Å². The summed E-state index contributed by atoms with van der Waals surface area (Å²) in [5.41, 5.74) is 8.11. The number of fused-ring (bicyclic) bond motifs is 5. The first kappa shape index (κ1) is 41.3. The molecule has 6 N–H and O–H groups in total. The van der Waals surface area contributed by atoms with Crippen LogP contribution in [0.25, 0.3) is 0 Å². The molecule has 7 fully saturated rings. The van der Waals surface area contributed by atoms with E-state index in [1.807, 2.05) is 37.3 Å². The molecule has 8 aliphatic rings. The van der Waals surface area contributed by atoms with Gasteiger partial charge in [-0.1, -0.05) is 77.8 Å². The van der Waals surface area contributed by atoms with Gasteiger partial charge in [-0.25, -0.2) is 0 Å². The van der Waals surface area contributed by atoms with Gasteiger partial charge in [0.2, 0.25) is 0 Å². The van der Waals surface area contributed by atoms with Crippen molar-refractivity contribution < 1.29 is 29.6 Å². The zero-order valence-corrected chi connectivity index (χ0v) is 36.9. The van der Waals surface area contributed by atoms with Crippen molar-refractivity contribution >= 4 is 17.3 Å². The molecule has 8 nitrogen and oxygen atoms in total. The number of ether oxygens (including phenoxy) is 1. The van der Waals surface area contributed by atoms with E-state index < -0.39 is 39.6 Å². The average molecular weight is 807 g/mol. The van der Waals surface area contributed by atoms with Crippen molar-refractivity contribution in [3.63, 3.8) is 0 Å². The third-order valence-corrected chi connectivity index (χ3v) is 18.7. The highest BCUT2D eigenvalue weighted by molar-refractivity contribution is 6.01. The van der Waals surface area contributed by atoms with Gasteiger partial charge in [-0.3, -0.25) is 9.59 Å². The van der Waals surface area contributed by atoms with Gasteiger partial charge in [-0.05, 0) is 153 Å². The number of aliphatic hydroxyl groups is 2. The van der Waals surface area contributed by atoms with Gasteiger partial charge >= 0.3 is 0 Å². The van der Waals surface area contributed by atoms with E-state index in [1.54, 1.807) is 6.07 Å². The number of nitrogens with two attached hydrogens (primary N) is 1. The van der Waals surface area contributed by atoms with E-state index in [0.29, 0.717) is 44.1 Å². The van der Waals surface area contributed by atoms with Crippen LogP contribution in [0.2, 0.25) is 0 Å². The summed E-state index contributed by atoms with van der Waals surface area (Å²) >= 11 is 0. The summed E-state index contributed by atoms with van der Waals surface area (Å²) in [6, 6.07) is 15.7. The monoisotopic (exact) mass is 807 g/mol. The van der Waals surface area contributed by atoms with Crippen LogP contribution in [0, 0.1) is 45.3 Å². The molecule has 0 aromatic heterocycles. The number of allylic oxidation sites excluding steroid dienone is 2. The Balaban J connectivity index is 1.05. The lowest BCUT2D eigenvalue weighted by Gasteiger charge is -2.73. The molecule has 1 saturated heterocycles. The van der Waals surface area contributed by atoms with Crippen LogP contribution in [0.4, 0.5) is 5.69 Å². The van der Waals surface area contributed by atoms with Crippen LogP contribution in [0.5, 0.6) is 5.75 Å². The summed E-state index contributed by atoms with van der Waals surface area (Å²) in [5.74, 6) is 1.48. The first-order valence-electron chi connectivity index (χ1n) is 22.9. The molecule has 0 spiro atoms. The number of ketones is 2. The van der Waals surface area contributed by atoms with Crippen molar-refractivity contribution in [2.75, 3.05) is 12.3 Å². The first-order chi connectivity index (χ1) is 27.7. The lowest BCUT2D eigenvalue weighted by molar-refractivity contribution is -0.213. The number of carbonyl (C=O) groups is 2. The van der Waals surface area contributed by atoms with Crippen LogP contribution < -0.4 is 11.1 Å². The number of aliphatic hydroxyl groups excluding tert-OH is 2. The average Bonchev–Trinajstić information content (AvgIpc) is 3.51. The molecule has 7 aliphatic carbocycles. The molecular weight excluding hydrogens is 737 g/mol. The van der Waals surface area contributed by atoms with E-state index in [9.17, 15) is 20.1 Å². The van der Waals surface area contributed by atoms with Crippen molar-refractivity contribution in [3.05, 3.63) is 70.8 Å². The minimum absolute atomic E-state index is 0.0195. The normalized spacial score (nSPS) is 43.5. The maximum absolute atomic E-state index is 15.2. The van der Waals surface area contributed by atoms with Gasteiger partial charge in [-0.15, -0.1) is 0 Å². The van der Waals surface area contributed by atoms with Gasteiger partial charge in [-0.2, -0.15) is 0 Å². The molecule has 320 valence electrons. The molecule has 0 radical (unpaired) electrons. The molecule has 10 rings (SSSR count). The van der Waals surface area contributed by atoms with Gasteiger partial charge in [0.15, 0.2) is 5.78 Å². The Hall–Kier alpha value is -3.04. The van der Waals surface area contributed by atoms with E-state index in [-0.39, 0.29) is 52.0 Å². The molecule has 1 heterocycles. The molecule has 2 aromatic carbocycles. The van der Waals surface area contributed by atoms with E-state index in [0.717, 1.165) is 61.8 Å². The number of anilines is 1. The molecular formula is C51H70N2O6. The summed E-state index contributed by atoms with van der Waals surface area (Å²) in [5, 5.41) is 37.5. The summed E-state index contributed by atoms with van der Waals surface area (Å²) < 4.78 is 6.50. The highest BCUT2D eigenvalue weighted by Crippen LogP contribution is 2.79. The number of Topliss-reactive ketones (excluding diaryl/α,β-unsaturated/α-hetero) is 2. The Kier molecular flexibility index (Phi) is 9.44. The molecule has 8 heteroatoms. The number of epoxide rings is 1. The van der Waals surface area contributed by atoms with Gasteiger partial charge in [0.05, 0.1) is 23.2 Å². The predicted molar refractivity (Wildman–Crippen MR) is 231 cm³/mol. The standard InChI is InChI=1S/C51H70N2O6/c1-29(22-38(56)42-49(8,59-42)36-17-11-16-35(36)31-12-9-14-33(52)23-31)41-37-18-19-40-46(5)27-50(32-13-10-15-34(55)24-32)20-21-51(53-26-30(2)54,43(46)45(3,4)44(50)58)28-48(40,7)47(37,6)25-39(41)57/h9-10,12-15,23-24,29-30,35-36,38,40,42-43,53-56H,11,16-22,25-28,52H2,1-8H3. The van der Waals surface area contributed by atoms with E-state index in [2.05, 4.69) is 65.9 Å². The smallest absolute Gasteiger partial charge is 0.159 e. The molecule has 14 atom stereocenters. The van der Waals surface area contributed by atoms with Crippen LogP contribution in [0.3, 0.4) is 0 Å². The Morgan fingerprint density at radius 1 is 0.932 bits per heavy atom. The first-order valence-corrected chi connectivity index (χ1v) is 22.9. The zero-order chi connectivity index (χ0) is 42.3. The maximum Gasteiger partial charge on any atom is 0.159 e. The SMILES string of the molecule is CC(O)CNC12CCC3(c4cccc(O)c4)CC(C)(C1C(C)(C)C3=O)C1CCC3=C(C(C)CC(O)C4OC4(C)C4CCCC4c4cccc(N)c4)C(=O)CC3(C)C1(C)C2. The number of hydrogen-bond donors (Lipinski definition) is 5. The second kappa shape index (κ2) is 13.5. The summed E-state index contributed by atoms with van der Waals surface area (Å²) in [7, 11) is 0. The molecule has 14 unspecified atom stereocenters. The van der Waals surface area contributed by atoms with Gasteiger partial charge < -0.3 is 31.1 Å². The topological polar surface area (TPSA) is 145 Å². The molecule has 59 heavy (non-hydrogen) atoms. The number of β-amino-alcohol motifs (C(OH)–C–C–N with tert-alkyl or cyclic N) is 1. The highest BCUT2D eigenvalue weighted by Gasteiger charge is 2.78. The highest BCUT2D eigenvalue weighted by atomic mass is 16.6. The summed E-state index contributed by atoms with van der Waals surface area (Å²) in [6.45, 7) is 18.2. The van der Waals surface area contributed by atoms with Crippen molar-refractivity contribution in [1.82, 2.24) is 5.32 Å². The number of benzene rings is 2. The molecule has 4 bridgehead atoms. The van der Waals surface area contributed by atoms with Crippen molar-refractivity contribution in [1.29, 1.82) is 0 Å². The fourth-order valence-corrected chi connectivity index (χ4v) is 16.8. The van der Waals surface area contributed by atoms with Crippen LogP contribution in [0.1, 0.15) is 143 Å². The van der Waals surface area contributed by atoms with Gasteiger partial charge in [0.1, 0.15) is 17.6 Å². The largest absolute Gasteiger partial charge is 0.508 e. The third-order valence-electron chi connectivity index (χ3n) is 18.7. The molecule has 1 aliphatic heterocycles. The van der Waals surface area contributed by atoms with E-state index in [1.165, 1.54) is 11.1 Å². The molecule has 2 aromatic rings. The van der Waals surface area contributed by atoms with Crippen molar-refractivity contribution in [3.8, 4) is 5.75 Å². The number of nitrogens with one attached hydrogen (secondary N) is 1. The third kappa shape index (κ3) is 5.73. The lowest BCUT2D eigenvalue weighted by atomic mass is 9.32. The number of rotatable bonds is 10. The number of nitrogen functional groups attached to an aromatic ring is 1. The predicted octanol–water partition coefficient (Wildman–Crippen LogP) is 8.56. The Labute approximate surface area is 352 Å². The van der Waals surface area contributed by atoms with Crippen LogP contribution in [-0.2, 0) is 19.7 Å². The number of hydrogen-bond acceptors (Lipinski definition) is 8. The van der Waals surface area contributed by atoms with Crippen LogP contribution >= 0.6 is 0 Å². The fourth-order valence-electron chi connectivity index (χ4n) is 16.8. The Morgan fingerprint density at radius 2 is 1.68 bits per heavy atom. The Morgan fingerprint density at radius 3 is 2.39 bits per heavy atom. The number of phenols is 1. The Bertz CT molecular complexity index is 2090. The molecule has 0 amide bonds. The maximum atomic E-state index is 15.2.